The van der Waals surface area contributed by atoms with Crippen molar-refractivity contribution in [3.05, 3.63) is 64.7 Å². The molecule has 0 spiro atoms. The Bertz CT molecular complexity index is 1250. The lowest BCUT2D eigenvalue weighted by Crippen LogP contribution is -2.21. The fourth-order valence-electron chi connectivity index (χ4n) is 4.31. The third-order valence-corrected chi connectivity index (χ3v) is 6.02. The number of ketones is 1. The SMILES string of the molecule is COc1cccc(-c2cc3c4c(cc(C(C)(C)C)c([O])c4c2)C=C(C(C)(C)C)C3=O)c1. The molecular formula is C28H29O3. The summed E-state index contributed by atoms with van der Waals surface area (Å²) >= 11 is 0. The van der Waals surface area contributed by atoms with E-state index >= 15 is 0 Å². The molecule has 1 radical (unpaired) electrons. The normalized spacial score (nSPS) is 14.0. The molecule has 3 aromatic carbocycles. The van der Waals surface area contributed by atoms with Crippen LogP contribution in [0.2, 0.25) is 0 Å². The zero-order chi connectivity index (χ0) is 22.7. The zero-order valence-electron chi connectivity index (χ0n) is 19.3. The Labute approximate surface area is 184 Å². The summed E-state index contributed by atoms with van der Waals surface area (Å²) in [5.41, 5.74) is 4.26. The van der Waals surface area contributed by atoms with Crippen LogP contribution in [-0.4, -0.2) is 12.9 Å². The van der Waals surface area contributed by atoms with Gasteiger partial charge in [-0.3, -0.25) is 9.90 Å². The summed E-state index contributed by atoms with van der Waals surface area (Å²) in [6, 6.07) is 13.5. The molecule has 0 heterocycles. The molecule has 0 fully saturated rings. The van der Waals surface area contributed by atoms with Crippen LogP contribution in [0.1, 0.15) is 63.0 Å². The first kappa shape index (κ1) is 21.2. The third-order valence-electron chi connectivity index (χ3n) is 6.02. The maximum atomic E-state index is 13.6. The number of rotatable bonds is 2. The van der Waals surface area contributed by atoms with Gasteiger partial charge in [0.05, 0.1) is 7.11 Å². The van der Waals surface area contributed by atoms with Gasteiger partial charge >= 0.3 is 0 Å². The minimum atomic E-state index is -0.300. The number of hydrogen-bond acceptors (Lipinski definition) is 2. The molecule has 0 saturated carbocycles. The van der Waals surface area contributed by atoms with E-state index in [1.807, 2.05) is 48.5 Å². The molecule has 0 bridgehead atoms. The van der Waals surface area contributed by atoms with E-state index in [0.29, 0.717) is 10.9 Å². The molecule has 0 amide bonds. The molecule has 0 aliphatic heterocycles. The minimum Gasteiger partial charge on any atom is -0.497 e. The predicted octanol–water partition coefficient (Wildman–Crippen LogP) is 7.58. The molecule has 0 atom stereocenters. The lowest BCUT2D eigenvalue weighted by Gasteiger charge is -2.29. The van der Waals surface area contributed by atoms with Crippen molar-refractivity contribution in [2.24, 2.45) is 5.41 Å². The van der Waals surface area contributed by atoms with Gasteiger partial charge in [0, 0.05) is 27.5 Å². The highest BCUT2D eigenvalue weighted by atomic mass is 16.5. The van der Waals surface area contributed by atoms with Crippen LogP contribution in [0.5, 0.6) is 11.5 Å². The third kappa shape index (κ3) is 3.52. The molecule has 0 N–H and O–H groups in total. The fraction of sp³-hybridized carbons (Fsp3) is 0.321. The molecular weight excluding hydrogens is 384 g/mol. The number of Topliss-reactive ketones (excluding diaryl/α,β-unsaturated/α-hetero) is 1. The van der Waals surface area contributed by atoms with Gasteiger partial charge in [-0.2, -0.15) is 0 Å². The van der Waals surface area contributed by atoms with Gasteiger partial charge < -0.3 is 4.74 Å². The Balaban J connectivity index is 2.12. The van der Waals surface area contributed by atoms with E-state index in [0.717, 1.165) is 39.0 Å². The number of allylic oxidation sites excluding steroid dienone is 1. The Morgan fingerprint density at radius 3 is 2.16 bits per heavy atom. The second kappa shape index (κ2) is 6.98. The average molecular weight is 414 g/mol. The van der Waals surface area contributed by atoms with E-state index in [9.17, 15) is 9.90 Å². The van der Waals surface area contributed by atoms with E-state index < -0.39 is 0 Å². The number of carbonyl (C=O) groups excluding carboxylic acids is 1. The van der Waals surface area contributed by atoms with Gasteiger partial charge in [-0.1, -0.05) is 53.7 Å². The molecule has 3 heteroatoms. The van der Waals surface area contributed by atoms with Crippen LogP contribution in [0.3, 0.4) is 0 Å². The Morgan fingerprint density at radius 1 is 0.839 bits per heavy atom. The number of ether oxygens (including phenoxy) is 1. The fourth-order valence-corrected chi connectivity index (χ4v) is 4.31. The lowest BCUT2D eigenvalue weighted by atomic mass is 9.74. The quantitative estimate of drug-likeness (QED) is 0.434. The number of hydrogen-bond donors (Lipinski definition) is 0. The second-order valence-corrected chi connectivity index (χ2v) is 10.4. The van der Waals surface area contributed by atoms with Crippen molar-refractivity contribution in [1.82, 2.24) is 0 Å². The van der Waals surface area contributed by atoms with Crippen LogP contribution in [-0.2, 0) is 10.5 Å². The van der Waals surface area contributed by atoms with Crippen LogP contribution in [0, 0.1) is 5.41 Å². The lowest BCUT2D eigenvalue weighted by molar-refractivity contribution is 0.101. The van der Waals surface area contributed by atoms with Crippen molar-refractivity contribution in [1.29, 1.82) is 0 Å². The van der Waals surface area contributed by atoms with Crippen molar-refractivity contribution >= 4 is 22.6 Å². The highest BCUT2D eigenvalue weighted by Gasteiger charge is 2.33. The van der Waals surface area contributed by atoms with E-state index in [-0.39, 0.29) is 22.4 Å². The summed E-state index contributed by atoms with van der Waals surface area (Å²) in [5, 5.41) is 14.9. The van der Waals surface area contributed by atoms with Gasteiger partial charge in [0.2, 0.25) is 0 Å². The standard InChI is InChI=1S/C28H29O3/c1-27(2,3)22-14-18-15-23(28(4,5)6)26(30)21-13-17(12-20(24(18)21)25(22)29)16-9-8-10-19(11-16)31-7/h8-15H,1-7H3. The molecule has 0 aromatic heterocycles. The molecule has 159 valence electrons. The van der Waals surface area contributed by atoms with E-state index in [2.05, 4.69) is 41.5 Å². The number of benzene rings is 3. The summed E-state index contributed by atoms with van der Waals surface area (Å²) in [6.07, 6.45) is 1.98. The molecule has 4 rings (SSSR count). The highest BCUT2D eigenvalue weighted by Crippen LogP contribution is 2.46. The van der Waals surface area contributed by atoms with Crippen molar-refractivity contribution in [3.8, 4) is 22.6 Å². The highest BCUT2D eigenvalue weighted by molar-refractivity contribution is 6.24. The van der Waals surface area contributed by atoms with E-state index in [4.69, 9.17) is 4.74 Å². The molecule has 0 unspecified atom stereocenters. The zero-order valence-corrected chi connectivity index (χ0v) is 19.3. The van der Waals surface area contributed by atoms with Gasteiger partial charge in [-0.15, -0.1) is 0 Å². The van der Waals surface area contributed by atoms with Gasteiger partial charge in [0.15, 0.2) is 11.5 Å². The first-order valence-corrected chi connectivity index (χ1v) is 10.7. The van der Waals surface area contributed by atoms with Gasteiger partial charge in [-0.25, -0.2) is 0 Å². The van der Waals surface area contributed by atoms with Crippen LogP contribution in [0.25, 0.3) is 28.0 Å². The molecule has 1 aliphatic carbocycles. The number of carbonyl (C=O) groups is 1. The predicted molar refractivity (Wildman–Crippen MR) is 127 cm³/mol. The molecule has 3 nitrogen and oxygen atoms in total. The summed E-state index contributed by atoms with van der Waals surface area (Å²) in [7, 11) is 1.63. The maximum Gasteiger partial charge on any atom is 0.190 e. The van der Waals surface area contributed by atoms with Gasteiger partial charge in [0.1, 0.15) is 5.75 Å². The minimum absolute atomic E-state index is 0.00217. The molecule has 1 aliphatic rings. The summed E-state index contributed by atoms with van der Waals surface area (Å²) in [5.74, 6) is 0.731. The smallest absolute Gasteiger partial charge is 0.190 e. The van der Waals surface area contributed by atoms with Crippen LogP contribution < -0.4 is 4.74 Å². The van der Waals surface area contributed by atoms with E-state index in [1.54, 1.807) is 7.11 Å². The van der Waals surface area contributed by atoms with Gasteiger partial charge in [0.25, 0.3) is 0 Å². The van der Waals surface area contributed by atoms with Crippen LogP contribution >= 0.6 is 0 Å². The molecule has 3 aromatic rings. The monoisotopic (exact) mass is 413 g/mol. The average Bonchev–Trinajstić information content (AvgIpc) is 2.70. The summed E-state index contributed by atoms with van der Waals surface area (Å²) < 4.78 is 5.38. The number of methoxy groups -OCH3 is 1. The summed E-state index contributed by atoms with van der Waals surface area (Å²) in [4.78, 5) is 13.6. The van der Waals surface area contributed by atoms with Crippen molar-refractivity contribution in [3.63, 3.8) is 0 Å². The van der Waals surface area contributed by atoms with Crippen LogP contribution in [0.4, 0.5) is 0 Å². The van der Waals surface area contributed by atoms with Gasteiger partial charge in [-0.05, 0) is 63.9 Å². The topological polar surface area (TPSA) is 46.2 Å². The van der Waals surface area contributed by atoms with E-state index in [1.165, 1.54) is 0 Å². The molecule has 0 saturated heterocycles. The second-order valence-electron chi connectivity index (χ2n) is 10.4. The first-order chi connectivity index (χ1) is 14.4. The largest absolute Gasteiger partial charge is 0.497 e. The first-order valence-electron chi connectivity index (χ1n) is 10.7. The van der Waals surface area contributed by atoms with Crippen molar-refractivity contribution < 1.29 is 14.6 Å². The Hall–Kier alpha value is -3.07. The van der Waals surface area contributed by atoms with Crippen molar-refractivity contribution in [2.45, 2.75) is 47.0 Å². The Morgan fingerprint density at radius 2 is 1.55 bits per heavy atom. The maximum absolute atomic E-state index is 13.6. The summed E-state index contributed by atoms with van der Waals surface area (Å²) in [6.45, 7) is 12.3. The molecule has 31 heavy (non-hydrogen) atoms. The Kier molecular flexibility index (Phi) is 4.77. The van der Waals surface area contributed by atoms with Crippen LogP contribution in [0.15, 0.2) is 48.0 Å². The van der Waals surface area contributed by atoms with Crippen molar-refractivity contribution in [2.75, 3.05) is 7.11 Å².